The second-order valence-corrected chi connectivity index (χ2v) is 7.95. The van der Waals surface area contributed by atoms with Gasteiger partial charge in [0.15, 0.2) is 5.78 Å². The van der Waals surface area contributed by atoms with Gasteiger partial charge in [0.25, 0.3) is 5.91 Å². The molecule has 2 aliphatic rings. The molecule has 1 N–H and O–H groups in total. The Hall–Kier alpha value is -2.11. The number of aryl methyl sites for hydroxylation is 1. The summed E-state index contributed by atoms with van der Waals surface area (Å²) >= 11 is 0. The molecule has 2 heterocycles. The van der Waals surface area contributed by atoms with Crippen LogP contribution in [0.5, 0.6) is 0 Å². The minimum Gasteiger partial charge on any atom is -0.348 e. The van der Waals surface area contributed by atoms with Crippen LogP contribution in [0.4, 0.5) is 4.79 Å². The Bertz CT molecular complexity index is 742. The largest absolute Gasteiger partial charge is 0.348 e. The summed E-state index contributed by atoms with van der Waals surface area (Å²) in [7, 11) is 0. The fourth-order valence-electron chi connectivity index (χ4n) is 4.29. The number of aromatic nitrogens is 1. The maximum Gasteiger partial charge on any atom is 0.325 e. The maximum absolute atomic E-state index is 12.9. The van der Waals surface area contributed by atoms with Gasteiger partial charge in [-0.15, -0.1) is 0 Å². The molecule has 1 aliphatic heterocycles. The lowest BCUT2D eigenvalue weighted by Crippen LogP contribution is -2.49. The number of hydrogen-bond acceptors (Lipinski definition) is 3. The Morgan fingerprint density at radius 1 is 1.27 bits per heavy atom. The number of urea groups is 1. The van der Waals surface area contributed by atoms with Crippen molar-refractivity contribution in [1.82, 2.24) is 14.8 Å². The van der Waals surface area contributed by atoms with E-state index in [0.717, 1.165) is 42.1 Å². The van der Waals surface area contributed by atoms with Gasteiger partial charge < -0.3 is 9.88 Å². The predicted molar refractivity (Wildman–Crippen MR) is 99.1 cm³/mol. The quantitative estimate of drug-likeness (QED) is 0.648. The first kappa shape index (κ1) is 18.7. The topological polar surface area (TPSA) is 71.4 Å². The number of Topliss-reactive ketones (excluding diaryl/α,β-unsaturated/α-hetero) is 1. The highest BCUT2D eigenvalue weighted by Crippen LogP contribution is 2.36. The highest BCUT2D eigenvalue weighted by atomic mass is 16.2. The van der Waals surface area contributed by atoms with Crippen LogP contribution in [0.2, 0.25) is 0 Å². The second-order valence-electron chi connectivity index (χ2n) is 7.95. The summed E-state index contributed by atoms with van der Waals surface area (Å²) in [6.07, 6.45) is 4.15. The van der Waals surface area contributed by atoms with Gasteiger partial charge in [-0.2, -0.15) is 0 Å². The van der Waals surface area contributed by atoms with E-state index in [9.17, 15) is 14.4 Å². The van der Waals surface area contributed by atoms with Crippen LogP contribution in [0.15, 0.2) is 6.07 Å². The van der Waals surface area contributed by atoms with E-state index in [0.29, 0.717) is 24.3 Å². The molecular formula is C20H29N3O3. The summed E-state index contributed by atoms with van der Waals surface area (Å²) in [5.74, 6) is 0.167. The Kier molecular flexibility index (Phi) is 4.95. The molecule has 0 radical (unpaired) electrons. The monoisotopic (exact) mass is 359 g/mol. The van der Waals surface area contributed by atoms with Crippen molar-refractivity contribution in [2.75, 3.05) is 6.54 Å². The fourth-order valence-corrected chi connectivity index (χ4v) is 4.29. The van der Waals surface area contributed by atoms with Crippen molar-refractivity contribution in [2.24, 2.45) is 5.92 Å². The normalized spacial score (nSPS) is 25.8. The summed E-state index contributed by atoms with van der Waals surface area (Å²) < 4.78 is 2.11. The van der Waals surface area contributed by atoms with E-state index in [-0.39, 0.29) is 18.2 Å². The molecule has 3 amide bonds. The Morgan fingerprint density at radius 3 is 2.54 bits per heavy atom. The standard InChI is InChI=1S/C20H29N3O3/c1-5-10-22-14(3)11-16(15(22)4)17(24)12-23-18(25)20(21-19(23)26)8-6-13(2)7-9-20/h11,13H,5-10,12H2,1-4H3,(H,21,26). The summed E-state index contributed by atoms with van der Waals surface area (Å²) in [6.45, 7) is 8.84. The van der Waals surface area contributed by atoms with Gasteiger partial charge in [0.05, 0.1) is 6.54 Å². The zero-order chi connectivity index (χ0) is 19.1. The van der Waals surface area contributed by atoms with E-state index >= 15 is 0 Å². The van der Waals surface area contributed by atoms with Crippen molar-refractivity contribution in [3.8, 4) is 0 Å². The molecule has 1 aromatic heterocycles. The van der Waals surface area contributed by atoms with E-state index < -0.39 is 11.6 Å². The molecule has 3 rings (SSSR count). The van der Waals surface area contributed by atoms with Crippen LogP contribution >= 0.6 is 0 Å². The summed E-state index contributed by atoms with van der Waals surface area (Å²) in [5.41, 5.74) is 1.75. The average molecular weight is 359 g/mol. The molecular weight excluding hydrogens is 330 g/mol. The number of imide groups is 1. The number of carbonyl (C=O) groups excluding carboxylic acids is 3. The van der Waals surface area contributed by atoms with Gasteiger partial charge in [-0.3, -0.25) is 14.5 Å². The van der Waals surface area contributed by atoms with Gasteiger partial charge >= 0.3 is 6.03 Å². The molecule has 0 atom stereocenters. The lowest BCUT2D eigenvalue weighted by Gasteiger charge is -2.33. The van der Waals surface area contributed by atoms with E-state index in [4.69, 9.17) is 0 Å². The molecule has 1 saturated carbocycles. The molecule has 0 unspecified atom stereocenters. The summed E-state index contributed by atoms with van der Waals surface area (Å²) in [4.78, 5) is 39.2. The number of nitrogens with one attached hydrogen (secondary N) is 1. The number of amides is 3. The maximum atomic E-state index is 12.9. The summed E-state index contributed by atoms with van der Waals surface area (Å²) in [5, 5.41) is 2.88. The molecule has 1 saturated heterocycles. The van der Waals surface area contributed by atoms with Crippen molar-refractivity contribution in [1.29, 1.82) is 0 Å². The highest BCUT2D eigenvalue weighted by molar-refractivity contribution is 6.11. The van der Waals surface area contributed by atoms with Crippen LogP contribution in [0.25, 0.3) is 0 Å². The molecule has 26 heavy (non-hydrogen) atoms. The molecule has 6 nitrogen and oxygen atoms in total. The zero-order valence-electron chi connectivity index (χ0n) is 16.2. The number of ketones is 1. The van der Waals surface area contributed by atoms with Crippen LogP contribution in [0.1, 0.15) is 67.7 Å². The van der Waals surface area contributed by atoms with Gasteiger partial charge in [-0.05, 0) is 57.9 Å². The van der Waals surface area contributed by atoms with Crippen molar-refractivity contribution in [3.63, 3.8) is 0 Å². The van der Waals surface area contributed by atoms with Crippen molar-refractivity contribution in [2.45, 2.75) is 71.9 Å². The molecule has 1 aromatic rings. The van der Waals surface area contributed by atoms with E-state index in [1.54, 1.807) is 0 Å². The number of carbonyl (C=O) groups is 3. The first-order chi connectivity index (χ1) is 12.3. The fraction of sp³-hybridized carbons (Fsp3) is 0.650. The third-order valence-corrected chi connectivity index (χ3v) is 6.00. The van der Waals surface area contributed by atoms with Crippen LogP contribution in [-0.4, -0.2) is 39.3 Å². The smallest absolute Gasteiger partial charge is 0.325 e. The van der Waals surface area contributed by atoms with Crippen molar-refractivity contribution < 1.29 is 14.4 Å². The van der Waals surface area contributed by atoms with Crippen molar-refractivity contribution >= 4 is 17.7 Å². The van der Waals surface area contributed by atoms with Gasteiger partial charge in [-0.25, -0.2) is 4.79 Å². The molecule has 0 bridgehead atoms. The molecule has 1 aliphatic carbocycles. The lowest BCUT2D eigenvalue weighted by atomic mass is 9.77. The van der Waals surface area contributed by atoms with Crippen LogP contribution in [0, 0.1) is 19.8 Å². The van der Waals surface area contributed by atoms with Crippen LogP contribution in [0.3, 0.4) is 0 Å². The molecule has 2 fully saturated rings. The molecule has 1 spiro atoms. The van der Waals surface area contributed by atoms with E-state index in [1.807, 2.05) is 19.9 Å². The minimum atomic E-state index is -0.789. The van der Waals surface area contributed by atoms with E-state index in [1.165, 1.54) is 0 Å². The third kappa shape index (κ3) is 3.06. The lowest BCUT2D eigenvalue weighted by molar-refractivity contribution is -0.132. The van der Waals surface area contributed by atoms with Crippen molar-refractivity contribution in [3.05, 3.63) is 23.0 Å². The SMILES string of the molecule is CCCn1c(C)cc(C(=O)CN2C(=O)NC3(CCC(C)CC3)C2=O)c1C. The zero-order valence-corrected chi connectivity index (χ0v) is 16.2. The minimum absolute atomic E-state index is 0.176. The predicted octanol–water partition coefficient (Wildman–Crippen LogP) is 3.20. The van der Waals surface area contributed by atoms with Gasteiger partial charge in [0.2, 0.25) is 0 Å². The Labute approximate surface area is 154 Å². The van der Waals surface area contributed by atoms with Gasteiger partial charge in [0.1, 0.15) is 5.54 Å². The van der Waals surface area contributed by atoms with Crippen LogP contribution < -0.4 is 5.32 Å². The third-order valence-electron chi connectivity index (χ3n) is 6.00. The number of nitrogens with zero attached hydrogens (tertiary/aromatic N) is 2. The van der Waals surface area contributed by atoms with Gasteiger partial charge in [0, 0.05) is 23.5 Å². The average Bonchev–Trinajstić information content (AvgIpc) is 3.01. The Balaban J connectivity index is 1.77. The van der Waals surface area contributed by atoms with Crippen LogP contribution in [-0.2, 0) is 11.3 Å². The molecule has 6 heteroatoms. The summed E-state index contributed by atoms with van der Waals surface area (Å²) in [6, 6.07) is 1.43. The number of rotatable bonds is 5. The van der Waals surface area contributed by atoms with Gasteiger partial charge in [-0.1, -0.05) is 13.8 Å². The molecule has 142 valence electrons. The second kappa shape index (κ2) is 6.89. The first-order valence-corrected chi connectivity index (χ1v) is 9.63. The van der Waals surface area contributed by atoms with E-state index in [2.05, 4.69) is 23.7 Å². The highest BCUT2D eigenvalue weighted by Gasteiger charge is 2.52. The first-order valence-electron chi connectivity index (χ1n) is 9.63. The Morgan fingerprint density at radius 2 is 1.92 bits per heavy atom. The molecule has 0 aromatic carbocycles. The number of hydrogen-bond donors (Lipinski definition) is 1.